The molecule has 0 atom stereocenters. The van der Waals surface area contributed by atoms with Gasteiger partial charge in [-0.15, -0.1) is 0 Å². The van der Waals surface area contributed by atoms with Crippen molar-refractivity contribution < 1.29 is 14.3 Å². The van der Waals surface area contributed by atoms with Crippen LogP contribution in [-0.4, -0.2) is 10.9 Å². The van der Waals surface area contributed by atoms with Gasteiger partial charge in [0.05, 0.1) is 0 Å². The molecule has 0 heterocycles. The van der Waals surface area contributed by atoms with E-state index in [4.69, 9.17) is 5.11 Å². The van der Waals surface area contributed by atoms with E-state index in [0.717, 1.165) is 5.56 Å². The second-order valence-electron chi connectivity index (χ2n) is 3.80. The molecule has 0 saturated carbocycles. The van der Waals surface area contributed by atoms with Crippen molar-refractivity contribution in [1.29, 1.82) is 0 Å². The molecule has 0 spiro atoms. The Morgan fingerprint density at radius 3 is 2.22 bits per heavy atom. The van der Waals surface area contributed by atoms with Crippen LogP contribution in [0.25, 0.3) is 6.08 Å². The number of phenols is 1. The number of allylic oxidation sites excluding steroid dienone is 1. The van der Waals surface area contributed by atoms with Crippen molar-refractivity contribution in [3.8, 4) is 5.75 Å². The van der Waals surface area contributed by atoms with Gasteiger partial charge >= 0.3 is 0 Å². The summed E-state index contributed by atoms with van der Waals surface area (Å²) in [6.07, 6.45) is 3.06. The molecule has 0 amide bonds. The van der Waals surface area contributed by atoms with E-state index in [1.165, 1.54) is 30.3 Å². The fourth-order valence-electron chi connectivity index (χ4n) is 1.47. The number of ketones is 1. The Morgan fingerprint density at radius 2 is 1.61 bits per heavy atom. The van der Waals surface area contributed by atoms with E-state index in [1.807, 2.05) is 0 Å². The molecule has 0 aliphatic carbocycles. The molecule has 0 fully saturated rings. The van der Waals surface area contributed by atoms with Crippen LogP contribution in [0.5, 0.6) is 5.75 Å². The lowest BCUT2D eigenvalue weighted by atomic mass is 10.1. The Morgan fingerprint density at radius 1 is 1.00 bits per heavy atom. The third-order valence-electron chi connectivity index (χ3n) is 2.45. The Bertz CT molecular complexity index is 568. The minimum Gasteiger partial charge on any atom is -0.508 e. The first-order valence-corrected chi connectivity index (χ1v) is 5.42. The van der Waals surface area contributed by atoms with E-state index in [9.17, 15) is 9.18 Å². The van der Waals surface area contributed by atoms with Gasteiger partial charge in [0.1, 0.15) is 11.6 Å². The van der Waals surface area contributed by atoms with Gasteiger partial charge in [-0.05, 0) is 48.0 Å². The maximum absolute atomic E-state index is 12.7. The van der Waals surface area contributed by atoms with Crippen molar-refractivity contribution in [1.82, 2.24) is 0 Å². The molecule has 0 aromatic heterocycles. The first kappa shape index (κ1) is 12.0. The summed E-state index contributed by atoms with van der Waals surface area (Å²) in [7, 11) is 0. The number of rotatable bonds is 3. The summed E-state index contributed by atoms with van der Waals surface area (Å²) in [6.45, 7) is 0. The van der Waals surface area contributed by atoms with Gasteiger partial charge in [0.2, 0.25) is 0 Å². The zero-order valence-corrected chi connectivity index (χ0v) is 9.51. The van der Waals surface area contributed by atoms with E-state index >= 15 is 0 Å². The number of benzene rings is 2. The summed E-state index contributed by atoms with van der Waals surface area (Å²) < 4.78 is 12.7. The average Bonchev–Trinajstić information content (AvgIpc) is 2.38. The molecule has 3 heteroatoms. The molecule has 18 heavy (non-hydrogen) atoms. The van der Waals surface area contributed by atoms with Crippen LogP contribution in [0.4, 0.5) is 4.39 Å². The maximum Gasteiger partial charge on any atom is 0.185 e. The minimum absolute atomic E-state index is 0.178. The summed E-state index contributed by atoms with van der Waals surface area (Å²) in [5, 5.41) is 9.11. The molecule has 2 aromatic carbocycles. The maximum atomic E-state index is 12.7. The van der Waals surface area contributed by atoms with Gasteiger partial charge in [-0.1, -0.05) is 18.2 Å². The second kappa shape index (κ2) is 5.27. The molecular weight excluding hydrogens is 231 g/mol. The SMILES string of the molecule is O=C(/C=C/c1ccc(O)cc1)c1ccc(F)cc1. The Kier molecular flexibility index (Phi) is 3.53. The highest BCUT2D eigenvalue weighted by Gasteiger charge is 2.01. The Labute approximate surface area is 104 Å². The van der Waals surface area contributed by atoms with Crippen LogP contribution in [0.2, 0.25) is 0 Å². The predicted octanol–water partition coefficient (Wildman–Crippen LogP) is 3.43. The van der Waals surface area contributed by atoms with Gasteiger partial charge in [-0.25, -0.2) is 4.39 Å². The highest BCUT2D eigenvalue weighted by atomic mass is 19.1. The summed E-state index contributed by atoms with van der Waals surface area (Å²) in [5.74, 6) is -0.380. The van der Waals surface area contributed by atoms with Crippen LogP contribution in [-0.2, 0) is 0 Å². The highest BCUT2D eigenvalue weighted by Crippen LogP contribution is 2.11. The molecule has 2 rings (SSSR count). The lowest BCUT2D eigenvalue weighted by Gasteiger charge is -1.96. The normalized spacial score (nSPS) is 10.7. The quantitative estimate of drug-likeness (QED) is 0.661. The largest absolute Gasteiger partial charge is 0.508 e. The Balaban J connectivity index is 2.11. The monoisotopic (exact) mass is 242 g/mol. The molecule has 2 aromatic rings. The first-order chi connectivity index (χ1) is 8.65. The van der Waals surface area contributed by atoms with E-state index < -0.39 is 0 Å². The molecule has 0 aliphatic rings. The standard InChI is InChI=1S/C15H11FO2/c16-13-6-4-12(5-7-13)15(18)10-3-11-1-8-14(17)9-2-11/h1-10,17H/b10-3+. The van der Waals surface area contributed by atoms with Gasteiger partial charge < -0.3 is 5.11 Å². The molecule has 0 aliphatic heterocycles. The molecule has 0 radical (unpaired) electrons. The number of hydrogen-bond donors (Lipinski definition) is 1. The van der Waals surface area contributed by atoms with Crippen molar-refractivity contribution in [2.75, 3.05) is 0 Å². The van der Waals surface area contributed by atoms with Gasteiger partial charge in [-0.3, -0.25) is 4.79 Å². The van der Waals surface area contributed by atoms with Gasteiger partial charge in [0.15, 0.2) is 5.78 Å². The molecule has 0 unspecified atom stereocenters. The fourth-order valence-corrected chi connectivity index (χ4v) is 1.47. The zero-order valence-electron chi connectivity index (χ0n) is 9.51. The lowest BCUT2D eigenvalue weighted by molar-refractivity contribution is 0.104. The minimum atomic E-state index is -0.367. The van der Waals surface area contributed by atoms with Crippen molar-refractivity contribution in [3.05, 3.63) is 71.6 Å². The van der Waals surface area contributed by atoms with Crippen molar-refractivity contribution in [2.24, 2.45) is 0 Å². The third kappa shape index (κ3) is 3.04. The lowest BCUT2D eigenvalue weighted by Crippen LogP contribution is -1.93. The molecule has 0 saturated heterocycles. The van der Waals surface area contributed by atoms with Crippen molar-refractivity contribution in [3.63, 3.8) is 0 Å². The smallest absolute Gasteiger partial charge is 0.185 e. The van der Waals surface area contributed by atoms with E-state index in [-0.39, 0.29) is 17.3 Å². The van der Waals surface area contributed by atoms with Gasteiger partial charge in [0, 0.05) is 5.56 Å². The van der Waals surface area contributed by atoms with Crippen LogP contribution in [0.3, 0.4) is 0 Å². The molecule has 2 nitrogen and oxygen atoms in total. The van der Waals surface area contributed by atoms with Gasteiger partial charge in [-0.2, -0.15) is 0 Å². The van der Waals surface area contributed by atoms with Gasteiger partial charge in [0.25, 0.3) is 0 Å². The summed E-state index contributed by atoms with van der Waals surface area (Å²) in [4.78, 5) is 11.7. The van der Waals surface area contributed by atoms with Crippen LogP contribution in [0.15, 0.2) is 54.6 Å². The highest BCUT2D eigenvalue weighted by molar-refractivity contribution is 6.06. The molecule has 0 bridgehead atoms. The predicted molar refractivity (Wildman–Crippen MR) is 67.9 cm³/mol. The van der Waals surface area contributed by atoms with E-state index in [1.54, 1.807) is 30.3 Å². The average molecular weight is 242 g/mol. The van der Waals surface area contributed by atoms with Crippen LogP contribution in [0.1, 0.15) is 15.9 Å². The number of carbonyl (C=O) groups excluding carboxylic acids is 1. The van der Waals surface area contributed by atoms with E-state index in [2.05, 4.69) is 0 Å². The molecular formula is C15H11FO2. The summed E-state index contributed by atoms with van der Waals surface area (Å²) >= 11 is 0. The zero-order chi connectivity index (χ0) is 13.0. The number of aromatic hydroxyl groups is 1. The topological polar surface area (TPSA) is 37.3 Å². The third-order valence-corrected chi connectivity index (χ3v) is 2.45. The number of halogens is 1. The van der Waals surface area contributed by atoms with Crippen LogP contribution < -0.4 is 0 Å². The van der Waals surface area contributed by atoms with E-state index in [0.29, 0.717) is 5.56 Å². The van der Waals surface area contributed by atoms with Crippen LogP contribution >= 0.6 is 0 Å². The first-order valence-electron chi connectivity index (χ1n) is 5.42. The molecule has 90 valence electrons. The molecule has 1 N–H and O–H groups in total. The fraction of sp³-hybridized carbons (Fsp3) is 0. The number of hydrogen-bond acceptors (Lipinski definition) is 2. The number of phenolic OH excluding ortho intramolecular Hbond substituents is 1. The summed E-state index contributed by atoms with van der Waals surface area (Å²) in [6, 6.07) is 11.9. The number of carbonyl (C=O) groups is 1. The summed E-state index contributed by atoms with van der Waals surface area (Å²) in [5.41, 5.74) is 1.25. The van der Waals surface area contributed by atoms with Crippen molar-refractivity contribution in [2.45, 2.75) is 0 Å². The van der Waals surface area contributed by atoms with Crippen LogP contribution in [0, 0.1) is 5.82 Å². The Hall–Kier alpha value is -2.42. The van der Waals surface area contributed by atoms with Crippen molar-refractivity contribution >= 4 is 11.9 Å². The second-order valence-corrected chi connectivity index (χ2v) is 3.80.